The third-order valence-corrected chi connectivity index (χ3v) is 3.31. The molecule has 21 heavy (non-hydrogen) atoms. The lowest BCUT2D eigenvalue weighted by Crippen LogP contribution is -2.02. The topological polar surface area (TPSA) is 60.9 Å². The van der Waals surface area contributed by atoms with E-state index < -0.39 is 0 Å². The van der Waals surface area contributed by atoms with Gasteiger partial charge in [0.1, 0.15) is 6.33 Å². The molecule has 0 N–H and O–H groups in total. The predicted molar refractivity (Wildman–Crippen MR) is 78.1 cm³/mol. The lowest BCUT2D eigenvalue weighted by atomic mass is 10.2. The Balaban J connectivity index is 1.88. The average molecular weight is 276 g/mol. The molecular formula is C15H12N6. The quantitative estimate of drug-likeness (QED) is 0.563. The van der Waals surface area contributed by atoms with Crippen molar-refractivity contribution in [1.29, 1.82) is 0 Å². The molecule has 6 heteroatoms. The molecular weight excluding hydrogens is 264 g/mol. The minimum Gasteiger partial charge on any atom is -0.234 e. The van der Waals surface area contributed by atoms with Crippen molar-refractivity contribution in [2.24, 2.45) is 0 Å². The van der Waals surface area contributed by atoms with Crippen molar-refractivity contribution in [3.63, 3.8) is 0 Å². The molecule has 0 aliphatic rings. The van der Waals surface area contributed by atoms with Gasteiger partial charge >= 0.3 is 0 Å². The maximum Gasteiger partial charge on any atom is 0.155 e. The second kappa shape index (κ2) is 4.52. The van der Waals surface area contributed by atoms with E-state index in [9.17, 15) is 0 Å². The first-order valence-electron chi connectivity index (χ1n) is 6.59. The molecule has 0 aliphatic carbocycles. The highest BCUT2D eigenvalue weighted by molar-refractivity contribution is 5.65. The van der Waals surface area contributed by atoms with Crippen molar-refractivity contribution in [2.75, 3.05) is 0 Å². The van der Waals surface area contributed by atoms with E-state index in [1.807, 2.05) is 54.2 Å². The van der Waals surface area contributed by atoms with Gasteiger partial charge in [-0.1, -0.05) is 6.07 Å². The molecule has 0 spiro atoms. The molecule has 4 heterocycles. The van der Waals surface area contributed by atoms with E-state index in [1.54, 1.807) is 17.0 Å². The van der Waals surface area contributed by atoms with Crippen LogP contribution in [0.5, 0.6) is 0 Å². The fraction of sp³-hybridized carbons (Fsp3) is 0.0667. The monoisotopic (exact) mass is 276 g/mol. The Morgan fingerprint density at radius 2 is 2.00 bits per heavy atom. The van der Waals surface area contributed by atoms with E-state index in [1.165, 1.54) is 0 Å². The summed E-state index contributed by atoms with van der Waals surface area (Å²) in [4.78, 5) is 8.73. The van der Waals surface area contributed by atoms with Crippen LogP contribution in [0.2, 0.25) is 0 Å². The van der Waals surface area contributed by atoms with E-state index in [2.05, 4.69) is 20.2 Å². The molecule has 102 valence electrons. The molecule has 0 saturated carbocycles. The van der Waals surface area contributed by atoms with Crippen molar-refractivity contribution in [2.45, 2.75) is 6.92 Å². The standard InChI is InChI=1S/C15H12N6/c1-11-3-2-4-14(19-11)21-13(5-7-17-21)12-6-8-20-15(9-12)16-10-18-20/h2-10H,1H3. The van der Waals surface area contributed by atoms with Gasteiger partial charge in [-0.3, -0.25) is 0 Å². The summed E-state index contributed by atoms with van der Waals surface area (Å²) in [6, 6.07) is 11.8. The number of nitrogens with zero attached hydrogens (tertiary/aromatic N) is 6. The maximum absolute atomic E-state index is 4.52. The second-order valence-corrected chi connectivity index (χ2v) is 4.74. The second-order valence-electron chi connectivity index (χ2n) is 4.74. The van der Waals surface area contributed by atoms with Gasteiger partial charge in [-0.15, -0.1) is 0 Å². The number of rotatable bonds is 2. The van der Waals surface area contributed by atoms with E-state index in [0.717, 1.165) is 28.4 Å². The van der Waals surface area contributed by atoms with Crippen LogP contribution in [0.15, 0.2) is 55.1 Å². The summed E-state index contributed by atoms with van der Waals surface area (Å²) >= 11 is 0. The first-order valence-corrected chi connectivity index (χ1v) is 6.59. The zero-order valence-electron chi connectivity index (χ0n) is 11.4. The smallest absolute Gasteiger partial charge is 0.155 e. The zero-order chi connectivity index (χ0) is 14.2. The van der Waals surface area contributed by atoms with E-state index in [4.69, 9.17) is 0 Å². The van der Waals surface area contributed by atoms with Crippen LogP contribution in [0.3, 0.4) is 0 Å². The minimum atomic E-state index is 0.802. The Morgan fingerprint density at radius 3 is 2.90 bits per heavy atom. The highest BCUT2D eigenvalue weighted by Crippen LogP contribution is 2.22. The summed E-state index contributed by atoms with van der Waals surface area (Å²) in [5, 5.41) is 8.49. The highest BCUT2D eigenvalue weighted by Gasteiger charge is 2.09. The fourth-order valence-corrected chi connectivity index (χ4v) is 2.33. The summed E-state index contributed by atoms with van der Waals surface area (Å²) in [5.74, 6) is 0.802. The molecule has 4 rings (SSSR count). The summed E-state index contributed by atoms with van der Waals surface area (Å²) in [6.45, 7) is 1.97. The lowest BCUT2D eigenvalue weighted by Gasteiger charge is -2.07. The third kappa shape index (κ3) is 1.97. The Kier molecular flexibility index (Phi) is 2.53. The van der Waals surface area contributed by atoms with Gasteiger partial charge in [0.15, 0.2) is 11.5 Å². The van der Waals surface area contributed by atoms with Crippen molar-refractivity contribution in [3.05, 3.63) is 60.8 Å². The Bertz CT molecular complexity index is 920. The third-order valence-electron chi connectivity index (χ3n) is 3.31. The first-order chi connectivity index (χ1) is 10.3. The van der Waals surface area contributed by atoms with Gasteiger partial charge in [-0.2, -0.15) is 10.2 Å². The van der Waals surface area contributed by atoms with Crippen LogP contribution in [-0.4, -0.2) is 29.4 Å². The summed E-state index contributed by atoms with van der Waals surface area (Å²) in [7, 11) is 0. The minimum absolute atomic E-state index is 0.802. The van der Waals surface area contributed by atoms with Crippen LogP contribution in [0.1, 0.15) is 5.69 Å². The predicted octanol–water partition coefficient (Wildman–Crippen LogP) is 2.29. The number of aryl methyl sites for hydroxylation is 1. The van der Waals surface area contributed by atoms with Gasteiger partial charge < -0.3 is 0 Å². The number of pyridine rings is 2. The van der Waals surface area contributed by atoms with Gasteiger partial charge in [0.25, 0.3) is 0 Å². The molecule has 0 fully saturated rings. The molecule has 0 bridgehead atoms. The number of hydrogen-bond donors (Lipinski definition) is 0. The molecule has 4 aromatic heterocycles. The highest BCUT2D eigenvalue weighted by atomic mass is 15.3. The van der Waals surface area contributed by atoms with Crippen LogP contribution in [-0.2, 0) is 0 Å². The fourth-order valence-electron chi connectivity index (χ4n) is 2.33. The van der Waals surface area contributed by atoms with Crippen LogP contribution >= 0.6 is 0 Å². The van der Waals surface area contributed by atoms with Gasteiger partial charge in [0.05, 0.1) is 11.9 Å². The van der Waals surface area contributed by atoms with E-state index >= 15 is 0 Å². The lowest BCUT2D eigenvalue weighted by molar-refractivity contribution is 0.847. The number of fused-ring (bicyclic) bond motifs is 1. The Labute approximate surface area is 120 Å². The molecule has 0 radical (unpaired) electrons. The maximum atomic E-state index is 4.52. The van der Waals surface area contributed by atoms with E-state index in [-0.39, 0.29) is 0 Å². The average Bonchev–Trinajstić information content (AvgIpc) is 3.15. The Morgan fingerprint density at radius 1 is 1.05 bits per heavy atom. The van der Waals surface area contributed by atoms with E-state index in [0.29, 0.717) is 0 Å². The summed E-state index contributed by atoms with van der Waals surface area (Å²) in [5.41, 5.74) is 3.76. The van der Waals surface area contributed by atoms with Crippen LogP contribution in [0, 0.1) is 6.92 Å². The van der Waals surface area contributed by atoms with Gasteiger partial charge in [-0.05, 0) is 37.3 Å². The molecule has 0 aromatic carbocycles. The normalized spacial score (nSPS) is 11.1. The van der Waals surface area contributed by atoms with Crippen molar-refractivity contribution in [3.8, 4) is 17.1 Å². The van der Waals surface area contributed by atoms with Gasteiger partial charge in [0.2, 0.25) is 0 Å². The van der Waals surface area contributed by atoms with Crippen LogP contribution < -0.4 is 0 Å². The van der Waals surface area contributed by atoms with Crippen LogP contribution in [0.4, 0.5) is 0 Å². The Hall–Kier alpha value is -3.02. The zero-order valence-corrected chi connectivity index (χ0v) is 11.4. The number of hydrogen-bond acceptors (Lipinski definition) is 4. The molecule has 4 aromatic rings. The molecule has 0 saturated heterocycles. The molecule has 0 aliphatic heterocycles. The van der Waals surface area contributed by atoms with Crippen LogP contribution in [0.25, 0.3) is 22.7 Å². The first kappa shape index (κ1) is 11.8. The van der Waals surface area contributed by atoms with Gasteiger partial charge in [-0.25, -0.2) is 19.2 Å². The van der Waals surface area contributed by atoms with Gasteiger partial charge in [0, 0.05) is 17.5 Å². The molecule has 0 atom stereocenters. The summed E-state index contributed by atoms with van der Waals surface area (Å²) in [6.07, 6.45) is 5.20. The van der Waals surface area contributed by atoms with Crippen molar-refractivity contribution in [1.82, 2.24) is 29.4 Å². The molecule has 0 amide bonds. The number of aromatic nitrogens is 6. The SMILES string of the molecule is Cc1cccc(-n2nccc2-c2ccn3ncnc3c2)n1. The van der Waals surface area contributed by atoms with Crippen molar-refractivity contribution < 1.29 is 0 Å². The summed E-state index contributed by atoms with van der Waals surface area (Å²) < 4.78 is 3.56. The largest absolute Gasteiger partial charge is 0.234 e. The molecule has 0 unspecified atom stereocenters. The van der Waals surface area contributed by atoms with Crippen molar-refractivity contribution >= 4 is 5.65 Å². The molecule has 6 nitrogen and oxygen atoms in total.